The van der Waals surface area contributed by atoms with Crippen molar-refractivity contribution in [3.05, 3.63) is 23.8 Å². The van der Waals surface area contributed by atoms with Gasteiger partial charge >= 0.3 is 0 Å². The number of phenols is 1. The molecule has 3 nitrogen and oxygen atoms in total. The van der Waals surface area contributed by atoms with Crippen molar-refractivity contribution in [3.8, 4) is 5.75 Å². The molecule has 0 aliphatic carbocycles. The SMILES string of the molecule is CCCCCCCCN(CCCCCCCC)c1ccc(C=O)c(O)c1. The maximum Gasteiger partial charge on any atom is 0.153 e. The van der Waals surface area contributed by atoms with E-state index in [0.29, 0.717) is 11.8 Å². The zero-order chi connectivity index (χ0) is 19.0. The van der Waals surface area contributed by atoms with E-state index in [1.54, 1.807) is 12.1 Å². The lowest BCUT2D eigenvalue weighted by atomic mass is 10.1. The fourth-order valence-corrected chi connectivity index (χ4v) is 3.36. The minimum Gasteiger partial charge on any atom is -0.507 e. The van der Waals surface area contributed by atoms with E-state index < -0.39 is 0 Å². The Hall–Kier alpha value is -1.51. The van der Waals surface area contributed by atoms with Crippen molar-refractivity contribution in [2.45, 2.75) is 90.9 Å². The van der Waals surface area contributed by atoms with E-state index in [4.69, 9.17) is 0 Å². The molecule has 0 heterocycles. The number of unbranched alkanes of at least 4 members (excludes halogenated alkanes) is 10. The Bertz CT molecular complexity index is 471. The van der Waals surface area contributed by atoms with E-state index in [0.717, 1.165) is 18.8 Å². The normalized spacial score (nSPS) is 10.8. The molecule has 3 heteroatoms. The lowest BCUT2D eigenvalue weighted by Crippen LogP contribution is -2.25. The third kappa shape index (κ3) is 9.26. The van der Waals surface area contributed by atoms with Gasteiger partial charge in [0, 0.05) is 24.8 Å². The minimum absolute atomic E-state index is 0.0911. The lowest BCUT2D eigenvalue weighted by molar-refractivity contribution is 0.112. The first-order valence-corrected chi connectivity index (χ1v) is 10.8. The van der Waals surface area contributed by atoms with Crippen LogP contribution in [0.3, 0.4) is 0 Å². The van der Waals surface area contributed by atoms with E-state index in [9.17, 15) is 9.90 Å². The molecule has 0 aliphatic rings. The molecule has 0 unspecified atom stereocenters. The molecule has 0 aromatic heterocycles. The Morgan fingerprint density at radius 1 is 0.808 bits per heavy atom. The summed E-state index contributed by atoms with van der Waals surface area (Å²) in [4.78, 5) is 13.3. The average Bonchev–Trinajstić information content (AvgIpc) is 2.65. The fourth-order valence-electron chi connectivity index (χ4n) is 3.36. The van der Waals surface area contributed by atoms with Crippen molar-refractivity contribution in [2.75, 3.05) is 18.0 Å². The maximum absolute atomic E-state index is 10.9. The molecule has 1 aromatic carbocycles. The van der Waals surface area contributed by atoms with Gasteiger partial charge in [-0.2, -0.15) is 0 Å². The maximum atomic E-state index is 10.9. The van der Waals surface area contributed by atoms with Gasteiger partial charge in [-0.25, -0.2) is 0 Å². The Morgan fingerprint density at radius 2 is 1.31 bits per heavy atom. The highest BCUT2D eigenvalue weighted by Crippen LogP contribution is 2.25. The molecule has 0 fully saturated rings. The van der Waals surface area contributed by atoms with Crippen LogP contribution in [0.25, 0.3) is 0 Å². The molecule has 0 spiro atoms. The molecule has 1 rings (SSSR count). The largest absolute Gasteiger partial charge is 0.507 e. The van der Waals surface area contributed by atoms with Crippen molar-refractivity contribution in [3.63, 3.8) is 0 Å². The van der Waals surface area contributed by atoms with Gasteiger partial charge in [0.15, 0.2) is 6.29 Å². The van der Waals surface area contributed by atoms with Crippen LogP contribution in [0.15, 0.2) is 18.2 Å². The van der Waals surface area contributed by atoms with Gasteiger partial charge in [0.25, 0.3) is 0 Å². The molecule has 0 saturated carbocycles. The van der Waals surface area contributed by atoms with Crippen LogP contribution in [0.1, 0.15) is 101 Å². The predicted octanol–water partition coefficient (Wildman–Crippen LogP) is 6.73. The van der Waals surface area contributed by atoms with Gasteiger partial charge < -0.3 is 10.0 Å². The molecular formula is C23H39NO2. The zero-order valence-electron chi connectivity index (χ0n) is 17.0. The van der Waals surface area contributed by atoms with Crippen molar-refractivity contribution >= 4 is 12.0 Å². The summed E-state index contributed by atoms with van der Waals surface area (Å²) in [6.07, 6.45) is 16.2. The molecule has 0 aliphatic heterocycles. The van der Waals surface area contributed by atoms with Crippen molar-refractivity contribution in [2.24, 2.45) is 0 Å². The highest BCUT2D eigenvalue weighted by atomic mass is 16.3. The Kier molecular flexibility index (Phi) is 12.7. The van der Waals surface area contributed by atoms with E-state index >= 15 is 0 Å². The minimum atomic E-state index is 0.0911. The van der Waals surface area contributed by atoms with E-state index in [1.807, 2.05) is 6.07 Å². The topological polar surface area (TPSA) is 40.5 Å². The smallest absolute Gasteiger partial charge is 0.153 e. The third-order valence-electron chi connectivity index (χ3n) is 5.07. The standard InChI is InChI=1S/C23H39NO2/c1-3-5-7-9-11-13-17-24(18-14-12-10-8-6-4-2)22-16-15-21(20-25)23(26)19-22/h15-16,19-20,26H,3-14,17-18H2,1-2H3. The number of aldehydes is 1. The third-order valence-corrected chi connectivity index (χ3v) is 5.07. The number of nitrogens with zero attached hydrogens (tertiary/aromatic N) is 1. The summed E-state index contributed by atoms with van der Waals surface area (Å²) in [5.74, 6) is 0.0911. The molecule has 1 N–H and O–H groups in total. The summed E-state index contributed by atoms with van der Waals surface area (Å²) in [5, 5.41) is 10.0. The molecule has 0 radical (unpaired) electrons. The second-order valence-electron chi connectivity index (χ2n) is 7.38. The molecule has 0 amide bonds. The monoisotopic (exact) mass is 361 g/mol. The van der Waals surface area contributed by atoms with Crippen LogP contribution < -0.4 is 4.90 Å². The summed E-state index contributed by atoms with van der Waals surface area (Å²) in [6, 6.07) is 5.45. The van der Waals surface area contributed by atoms with E-state index in [-0.39, 0.29) is 5.75 Å². The summed E-state index contributed by atoms with van der Waals surface area (Å²) >= 11 is 0. The summed E-state index contributed by atoms with van der Waals surface area (Å²) in [6.45, 7) is 6.55. The lowest BCUT2D eigenvalue weighted by Gasteiger charge is -2.25. The number of carbonyl (C=O) groups excluding carboxylic acids is 1. The first kappa shape index (κ1) is 22.5. The number of anilines is 1. The van der Waals surface area contributed by atoms with Crippen LogP contribution in [0.2, 0.25) is 0 Å². The van der Waals surface area contributed by atoms with Crippen molar-refractivity contribution in [1.82, 2.24) is 0 Å². The van der Waals surface area contributed by atoms with Gasteiger partial charge in [0.1, 0.15) is 5.75 Å². The summed E-state index contributed by atoms with van der Waals surface area (Å²) < 4.78 is 0. The van der Waals surface area contributed by atoms with Crippen molar-refractivity contribution in [1.29, 1.82) is 0 Å². The van der Waals surface area contributed by atoms with Crippen LogP contribution >= 0.6 is 0 Å². The molecule has 26 heavy (non-hydrogen) atoms. The predicted molar refractivity (Wildman–Crippen MR) is 112 cm³/mol. The van der Waals surface area contributed by atoms with Crippen molar-refractivity contribution < 1.29 is 9.90 Å². The van der Waals surface area contributed by atoms with Crippen LogP contribution in [0.4, 0.5) is 5.69 Å². The molecule has 148 valence electrons. The van der Waals surface area contributed by atoms with Crippen LogP contribution in [-0.2, 0) is 0 Å². The quantitative estimate of drug-likeness (QED) is 0.262. The number of benzene rings is 1. The van der Waals surface area contributed by atoms with Gasteiger partial charge in [-0.05, 0) is 25.0 Å². The molecule has 0 bridgehead atoms. The molecule has 0 atom stereocenters. The first-order valence-electron chi connectivity index (χ1n) is 10.8. The molecule has 1 aromatic rings. The second kappa shape index (κ2) is 14.6. The average molecular weight is 362 g/mol. The Labute approximate surface area is 160 Å². The molecule has 0 saturated heterocycles. The van der Waals surface area contributed by atoms with Gasteiger partial charge in [-0.1, -0.05) is 78.1 Å². The van der Waals surface area contributed by atoms with E-state index in [2.05, 4.69) is 18.7 Å². The highest BCUT2D eigenvalue weighted by molar-refractivity contribution is 5.80. The highest BCUT2D eigenvalue weighted by Gasteiger charge is 2.09. The van der Waals surface area contributed by atoms with Gasteiger partial charge in [0.05, 0.1) is 5.56 Å². The number of rotatable bonds is 16. The number of hydrogen-bond acceptors (Lipinski definition) is 3. The number of hydrogen-bond donors (Lipinski definition) is 1. The number of aromatic hydroxyl groups is 1. The van der Waals surface area contributed by atoms with Crippen LogP contribution in [0, 0.1) is 0 Å². The molecular weight excluding hydrogens is 322 g/mol. The van der Waals surface area contributed by atoms with Gasteiger partial charge in [0.2, 0.25) is 0 Å². The Morgan fingerprint density at radius 3 is 1.77 bits per heavy atom. The second-order valence-corrected chi connectivity index (χ2v) is 7.38. The van der Waals surface area contributed by atoms with Gasteiger partial charge in [-0.15, -0.1) is 0 Å². The van der Waals surface area contributed by atoms with Crippen LogP contribution in [-0.4, -0.2) is 24.5 Å². The summed E-state index contributed by atoms with van der Waals surface area (Å²) in [5.41, 5.74) is 1.41. The van der Waals surface area contributed by atoms with E-state index in [1.165, 1.54) is 77.0 Å². The fraction of sp³-hybridized carbons (Fsp3) is 0.696. The number of phenolic OH excluding ortho intramolecular Hbond substituents is 1. The summed E-state index contributed by atoms with van der Waals surface area (Å²) in [7, 11) is 0. The Balaban J connectivity index is 2.51. The van der Waals surface area contributed by atoms with Gasteiger partial charge in [-0.3, -0.25) is 4.79 Å². The van der Waals surface area contributed by atoms with Crippen LogP contribution in [0.5, 0.6) is 5.75 Å². The number of carbonyl (C=O) groups is 1. The zero-order valence-corrected chi connectivity index (χ0v) is 17.0. The first-order chi connectivity index (χ1) is 12.7.